The number of aryl methyl sites for hydroxylation is 1. The van der Waals surface area contributed by atoms with Crippen LogP contribution in [0.4, 0.5) is 0 Å². The van der Waals surface area contributed by atoms with Crippen LogP contribution in [0.1, 0.15) is 72.8 Å². The molecule has 6 nitrogen and oxygen atoms in total. The predicted molar refractivity (Wildman–Crippen MR) is 122 cm³/mol. The molecule has 160 valence electrons. The molecule has 4 rings (SSSR count). The van der Waals surface area contributed by atoms with Crippen LogP contribution in [0.15, 0.2) is 42.5 Å². The van der Waals surface area contributed by atoms with Crippen LogP contribution in [-0.4, -0.2) is 39.1 Å². The van der Waals surface area contributed by atoms with Gasteiger partial charge >= 0.3 is 0 Å². The summed E-state index contributed by atoms with van der Waals surface area (Å²) in [7, 11) is 0. The SMILES string of the molecule is Cc1ccc(C(=O)N2CCC(c3ccc(C#N)cc3)CC2)cc1-c1n[nH]c(C(C)C)n1.[HH]. The third kappa shape index (κ3) is 4.36. The number of carbonyl (C=O) groups is 1. The number of piperidine rings is 1. The average Bonchev–Trinajstić information content (AvgIpc) is 3.30. The summed E-state index contributed by atoms with van der Waals surface area (Å²) in [5.41, 5.74) is 4.54. The normalized spacial score (nSPS) is 14.6. The van der Waals surface area contributed by atoms with Crippen molar-refractivity contribution in [3.8, 4) is 17.5 Å². The first kappa shape index (κ1) is 20.8. The lowest BCUT2D eigenvalue weighted by Crippen LogP contribution is -2.37. The maximum atomic E-state index is 13.2. The largest absolute Gasteiger partial charge is 0.339 e. The Kier molecular flexibility index (Phi) is 5.85. The molecule has 1 amide bonds. The smallest absolute Gasteiger partial charge is 0.253 e. The van der Waals surface area contributed by atoms with Crippen molar-refractivity contribution in [1.29, 1.82) is 5.26 Å². The number of aromatic nitrogens is 3. The highest BCUT2D eigenvalue weighted by Gasteiger charge is 2.25. The molecule has 0 aliphatic carbocycles. The third-order valence-electron chi connectivity index (χ3n) is 6.07. The molecule has 0 spiro atoms. The van der Waals surface area contributed by atoms with Crippen LogP contribution in [-0.2, 0) is 0 Å². The fourth-order valence-corrected chi connectivity index (χ4v) is 4.08. The van der Waals surface area contributed by atoms with Crippen molar-refractivity contribution in [2.75, 3.05) is 13.1 Å². The summed E-state index contributed by atoms with van der Waals surface area (Å²) in [4.78, 5) is 19.7. The monoisotopic (exact) mass is 415 g/mol. The summed E-state index contributed by atoms with van der Waals surface area (Å²) < 4.78 is 0. The van der Waals surface area contributed by atoms with Gasteiger partial charge in [0, 0.05) is 31.6 Å². The van der Waals surface area contributed by atoms with Crippen LogP contribution in [0.3, 0.4) is 0 Å². The Morgan fingerprint density at radius 2 is 1.90 bits per heavy atom. The van der Waals surface area contributed by atoms with Gasteiger partial charge in [-0.05, 0) is 61.1 Å². The van der Waals surface area contributed by atoms with Crippen molar-refractivity contribution in [3.63, 3.8) is 0 Å². The van der Waals surface area contributed by atoms with Crippen LogP contribution in [0, 0.1) is 18.3 Å². The standard InChI is InChI=1S/C25H27N5O.H2/c1-16(2)23-27-24(29-28-23)22-14-21(7-4-17(22)3)25(31)30-12-10-20(11-13-30)19-8-5-18(15-26)6-9-19;/h4-9,14,16,20H,10-13H2,1-3H3,(H,27,28,29);1H. The van der Waals surface area contributed by atoms with Crippen molar-refractivity contribution >= 4 is 5.91 Å². The van der Waals surface area contributed by atoms with Gasteiger partial charge in [-0.1, -0.05) is 32.0 Å². The molecule has 0 bridgehead atoms. The van der Waals surface area contributed by atoms with Gasteiger partial charge in [-0.2, -0.15) is 10.4 Å². The zero-order valence-electron chi connectivity index (χ0n) is 18.2. The van der Waals surface area contributed by atoms with Crippen LogP contribution in [0.5, 0.6) is 0 Å². The van der Waals surface area contributed by atoms with Gasteiger partial charge in [0.1, 0.15) is 5.82 Å². The second-order valence-electron chi connectivity index (χ2n) is 8.53. The van der Waals surface area contributed by atoms with Crippen molar-refractivity contribution in [1.82, 2.24) is 20.1 Å². The minimum atomic E-state index is 0. The van der Waals surface area contributed by atoms with Crippen molar-refractivity contribution < 1.29 is 6.22 Å². The minimum Gasteiger partial charge on any atom is -0.339 e. The topological polar surface area (TPSA) is 85.7 Å². The highest BCUT2D eigenvalue weighted by atomic mass is 16.2. The summed E-state index contributed by atoms with van der Waals surface area (Å²) in [5, 5.41) is 16.3. The molecule has 0 radical (unpaired) electrons. The molecule has 6 heteroatoms. The molecule has 0 unspecified atom stereocenters. The van der Waals surface area contributed by atoms with Gasteiger partial charge < -0.3 is 4.90 Å². The fraction of sp³-hybridized carbons (Fsp3) is 0.360. The van der Waals surface area contributed by atoms with E-state index in [9.17, 15) is 4.79 Å². The lowest BCUT2D eigenvalue weighted by molar-refractivity contribution is 0.0713. The summed E-state index contributed by atoms with van der Waals surface area (Å²) in [6.45, 7) is 7.60. The number of H-pyrrole nitrogens is 1. The van der Waals surface area contributed by atoms with Crippen LogP contribution in [0.25, 0.3) is 11.4 Å². The van der Waals surface area contributed by atoms with Crippen LogP contribution >= 0.6 is 0 Å². The molecule has 1 fully saturated rings. The van der Waals surface area contributed by atoms with E-state index in [2.05, 4.69) is 35.1 Å². The molecule has 1 aromatic heterocycles. The number of nitrogens with one attached hydrogen (secondary N) is 1. The quantitative estimate of drug-likeness (QED) is 0.647. The van der Waals surface area contributed by atoms with E-state index in [0.29, 0.717) is 22.9 Å². The van der Waals surface area contributed by atoms with Crippen LogP contribution < -0.4 is 0 Å². The molecule has 0 atom stereocenters. The first-order valence-corrected chi connectivity index (χ1v) is 10.8. The Morgan fingerprint density at radius 1 is 1.19 bits per heavy atom. The predicted octanol–water partition coefficient (Wildman–Crippen LogP) is 5.04. The second-order valence-corrected chi connectivity index (χ2v) is 8.53. The van der Waals surface area contributed by atoms with E-state index in [1.54, 1.807) is 0 Å². The van der Waals surface area contributed by atoms with Gasteiger partial charge in [0.25, 0.3) is 5.91 Å². The number of carbonyl (C=O) groups excluding carboxylic acids is 1. The molecule has 0 saturated carbocycles. The maximum Gasteiger partial charge on any atom is 0.253 e. The van der Waals surface area contributed by atoms with Gasteiger partial charge in [0.05, 0.1) is 11.6 Å². The molecular formula is C25H29N5O. The van der Waals surface area contributed by atoms with E-state index >= 15 is 0 Å². The summed E-state index contributed by atoms with van der Waals surface area (Å²) in [6.07, 6.45) is 1.85. The first-order chi connectivity index (χ1) is 15.0. The number of amides is 1. The molecule has 1 aliphatic heterocycles. The van der Waals surface area contributed by atoms with E-state index in [0.717, 1.165) is 42.9 Å². The minimum absolute atomic E-state index is 0. The average molecular weight is 416 g/mol. The Balaban J connectivity index is 0.00000289. The highest BCUT2D eigenvalue weighted by Crippen LogP contribution is 2.30. The second kappa shape index (κ2) is 8.73. The number of hydrogen-bond donors (Lipinski definition) is 1. The Bertz CT molecular complexity index is 1120. The van der Waals surface area contributed by atoms with Crippen molar-refractivity contribution in [2.24, 2.45) is 0 Å². The molecule has 3 aromatic rings. The van der Waals surface area contributed by atoms with E-state index in [-0.39, 0.29) is 13.3 Å². The zero-order chi connectivity index (χ0) is 22.0. The van der Waals surface area contributed by atoms with Gasteiger partial charge in [-0.3, -0.25) is 9.89 Å². The maximum absolute atomic E-state index is 13.2. The first-order valence-electron chi connectivity index (χ1n) is 10.8. The van der Waals surface area contributed by atoms with Gasteiger partial charge in [-0.15, -0.1) is 0 Å². The number of aromatic amines is 1. The summed E-state index contributed by atoms with van der Waals surface area (Å²) in [6, 6.07) is 15.8. The van der Waals surface area contributed by atoms with Gasteiger partial charge in [-0.25, -0.2) is 4.98 Å². The van der Waals surface area contributed by atoms with Crippen molar-refractivity contribution in [2.45, 2.75) is 45.4 Å². The van der Waals surface area contributed by atoms with E-state index < -0.39 is 0 Å². The molecule has 1 N–H and O–H groups in total. The van der Waals surface area contributed by atoms with Crippen molar-refractivity contribution in [3.05, 3.63) is 70.5 Å². The Morgan fingerprint density at radius 3 is 2.52 bits per heavy atom. The number of hydrogen-bond acceptors (Lipinski definition) is 4. The number of nitriles is 1. The molecular weight excluding hydrogens is 386 g/mol. The summed E-state index contributed by atoms with van der Waals surface area (Å²) in [5.74, 6) is 2.22. The van der Waals surface area contributed by atoms with E-state index in [4.69, 9.17) is 5.26 Å². The van der Waals surface area contributed by atoms with Gasteiger partial charge in [0.15, 0.2) is 5.82 Å². The molecule has 1 saturated heterocycles. The van der Waals surface area contributed by atoms with Crippen LogP contribution in [0.2, 0.25) is 0 Å². The lowest BCUT2D eigenvalue weighted by Gasteiger charge is -2.32. The number of likely N-dealkylation sites (tertiary alicyclic amines) is 1. The molecule has 2 heterocycles. The zero-order valence-corrected chi connectivity index (χ0v) is 18.2. The molecule has 31 heavy (non-hydrogen) atoms. The molecule has 1 aliphatic rings. The Hall–Kier alpha value is -3.46. The van der Waals surface area contributed by atoms with Gasteiger partial charge in [0.2, 0.25) is 0 Å². The lowest BCUT2D eigenvalue weighted by atomic mass is 9.89. The Labute approximate surface area is 184 Å². The molecule has 2 aromatic carbocycles. The number of benzene rings is 2. The number of nitrogens with zero attached hydrogens (tertiary/aromatic N) is 4. The van der Waals surface area contributed by atoms with E-state index in [1.165, 1.54) is 5.56 Å². The third-order valence-corrected chi connectivity index (χ3v) is 6.07. The summed E-state index contributed by atoms with van der Waals surface area (Å²) >= 11 is 0. The van der Waals surface area contributed by atoms with E-state index in [1.807, 2.05) is 54.3 Å². The fourth-order valence-electron chi connectivity index (χ4n) is 4.08. The number of rotatable bonds is 4. The highest BCUT2D eigenvalue weighted by molar-refractivity contribution is 5.95.